The zero-order valence-electron chi connectivity index (χ0n) is 15.5. The first-order valence-electron chi connectivity index (χ1n) is 8.71. The maximum atomic E-state index is 12.8. The summed E-state index contributed by atoms with van der Waals surface area (Å²) in [4.78, 5) is 40.5. The van der Waals surface area contributed by atoms with Crippen LogP contribution >= 0.6 is 45.7 Å². The summed E-state index contributed by atoms with van der Waals surface area (Å²) in [5.41, 5.74) is 0.683. The number of nitrogens with zero attached hydrogens (tertiary/aromatic N) is 1. The number of carbonyl (C=O) groups excluding carboxylic acids is 3. The fourth-order valence-corrected chi connectivity index (χ4v) is 6.31. The Labute approximate surface area is 181 Å². The zero-order valence-corrected chi connectivity index (χ0v) is 19.3. The molecule has 2 atom stereocenters. The second kappa shape index (κ2) is 8.24. The Bertz CT molecular complexity index is 782. The third-order valence-corrected chi connectivity index (χ3v) is 7.50. The first-order valence-corrected chi connectivity index (χ1v) is 12.2. The summed E-state index contributed by atoms with van der Waals surface area (Å²) in [6, 6.07) is 3.85. The standard InChI is InChI=1S/C19H22INO4S2/c1-19(2,3)25-18(24)15-11(9-20)10-27-17-14(16(23)21(15)17)8-12(22)7-13-5-4-6-26-13/h4-6,14,17H,7-10H2,1-3H3/t14-,17-/m1/s1. The van der Waals surface area contributed by atoms with Crippen LogP contribution in [0, 0.1) is 5.92 Å². The molecule has 1 saturated heterocycles. The van der Waals surface area contributed by atoms with Crippen LogP contribution in [0.3, 0.4) is 0 Å². The van der Waals surface area contributed by atoms with Crippen molar-refractivity contribution in [3.8, 4) is 0 Å². The molecule has 0 radical (unpaired) electrons. The second-order valence-corrected chi connectivity index (χ2v) is 10.5. The summed E-state index contributed by atoms with van der Waals surface area (Å²) in [5.74, 6) is -0.193. The molecule has 1 amide bonds. The average molecular weight is 519 g/mol. The lowest BCUT2D eigenvalue weighted by molar-refractivity contribution is -0.161. The van der Waals surface area contributed by atoms with E-state index < -0.39 is 11.6 Å². The number of thioether (sulfide) groups is 1. The number of rotatable bonds is 6. The Balaban J connectivity index is 1.72. The molecule has 1 aromatic rings. The van der Waals surface area contributed by atoms with Gasteiger partial charge in [0.25, 0.3) is 0 Å². The van der Waals surface area contributed by atoms with Crippen molar-refractivity contribution in [1.29, 1.82) is 0 Å². The molecule has 5 nitrogen and oxygen atoms in total. The number of alkyl halides is 1. The molecule has 8 heteroatoms. The third-order valence-electron chi connectivity index (χ3n) is 4.31. The van der Waals surface area contributed by atoms with E-state index in [9.17, 15) is 14.4 Å². The third kappa shape index (κ3) is 4.59. The van der Waals surface area contributed by atoms with Gasteiger partial charge in [0.15, 0.2) is 0 Å². The number of ketones is 1. The number of carbonyl (C=O) groups is 3. The van der Waals surface area contributed by atoms with Crippen LogP contribution < -0.4 is 0 Å². The molecular formula is C19H22INO4S2. The number of hydrogen-bond acceptors (Lipinski definition) is 6. The van der Waals surface area contributed by atoms with Gasteiger partial charge in [-0.15, -0.1) is 23.1 Å². The van der Waals surface area contributed by atoms with Gasteiger partial charge in [0.1, 0.15) is 17.1 Å². The molecule has 2 aliphatic heterocycles. The van der Waals surface area contributed by atoms with Crippen LogP contribution in [0.2, 0.25) is 0 Å². The number of hydrogen-bond donors (Lipinski definition) is 0. The monoisotopic (exact) mass is 519 g/mol. The summed E-state index contributed by atoms with van der Waals surface area (Å²) < 4.78 is 6.19. The van der Waals surface area contributed by atoms with Gasteiger partial charge < -0.3 is 4.74 Å². The summed E-state index contributed by atoms with van der Waals surface area (Å²) in [5, 5.41) is 1.79. The lowest BCUT2D eigenvalue weighted by atomic mass is 9.89. The molecule has 27 heavy (non-hydrogen) atoms. The molecule has 0 saturated carbocycles. The Morgan fingerprint density at radius 2 is 2.11 bits per heavy atom. The highest BCUT2D eigenvalue weighted by Crippen LogP contribution is 2.46. The van der Waals surface area contributed by atoms with Crippen LogP contribution in [0.25, 0.3) is 0 Å². The second-order valence-electron chi connectivity index (χ2n) is 7.60. The summed E-state index contributed by atoms with van der Waals surface area (Å²) >= 11 is 5.39. The average Bonchev–Trinajstić information content (AvgIpc) is 3.09. The minimum Gasteiger partial charge on any atom is -0.455 e. The van der Waals surface area contributed by atoms with E-state index in [1.54, 1.807) is 28.0 Å². The number of halogens is 1. The van der Waals surface area contributed by atoms with Gasteiger partial charge in [0.05, 0.1) is 11.3 Å². The van der Waals surface area contributed by atoms with Gasteiger partial charge in [-0.2, -0.15) is 0 Å². The van der Waals surface area contributed by atoms with Crippen LogP contribution in [-0.2, 0) is 25.5 Å². The minimum atomic E-state index is -0.620. The van der Waals surface area contributed by atoms with Crippen molar-refractivity contribution < 1.29 is 19.1 Å². The molecule has 1 fully saturated rings. The summed E-state index contributed by atoms with van der Waals surface area (Å²) in [7, 11) is 0. The number of amides is 1. The van der Waals surface area contributed by atoms with E-state index in [4.69, 9.17) is 4.74 Å². The molecule has 0 unspecified atom stereocenters. The van der Waals surface area contributed by atoms with Crippen molar-refractivity contribution in [1.82, 2.24) is 4.90 Å². The highest BCUT2D eigenvalue weighted by molar-refractivity contribution is 14.1. The van der Waals surface area contributed by atoms with Crippen LogP contribution in [-0.4, -0.2) is 43.7 Å². The highest BCUT2D eigenvalue weighted by atomic mass is 127. The van der Waals surface area contributed by atoms with Gasteiger partial charge in [0, 0.05) is 27.9 Å². The lowest BCUT2D eigenvalue weighted by Gasteiger charge is -2.50. The smallest absolute Gasteiger partial charge is 0.355 e. The summed E-state index contributed by atoms with van der Waals surface area (Å²) in [6.45, 7) is 5.44. The lowest BCUT2D eigenvalue weighted by Crippen LogP contribution is -2.62. The molecule has 3 heterocycles. The van der Waals surface area contributed by atoms with Crippen molar-refractivity contribution in [3.63, 3.8) is 0 Å². The maximum Gasteiger partial charge on any atom is 0.355 e. The first kappa shape index (κ1) is 20.9. The number of β-lactam (4-membered cyclic amide) rings is 1. The minimum absolute atomic E-state index is 0.0681. The Kier molecular flexibility index (Phi) is 6.37. The fourth-order valence-electron chi connectivity index (χ4n) is 3.16. The number of esters is 1. The highest BCUT2D eigenvalue weighted by Gasteiger charge is 2.54. The number of fused-ring (bicyclic) bond motifs is 1. The Morgan fingerprint density at radius 1 is 1.37 bits per heavy atom. The molecule has 0 aliphatic carbocycles. The van der Waals surface area contributed by atoms with E-state index in [2.05, 4.69) is 22.6 Å². The first-order chi connectivity index (χ1) is 12.7. The van der Waals surface area contributed by atoms with Gasteiger partial charge >= 0.3 is 5.97 Å². The van der Waals surface area contributed by atoms with E-state index in [1.165, 1.54) is 0 Å². The topological polar surface area (TPSA) is 63.7 Å². The molecule has 0 N–H and O–H groups in total. The van der Waals surface area contributed by atoms with Gasteiger partial charge in [0.2, 0.25) is 5.91 Å². The summed E-state index contributed by atoms with van der Waals surface area (Å²) in [6.07, 6.45) is 0.596. The van der Waals surface area contributed by atoms with Crippen LogP contribution in [0.4, 0.5) is 0 Å². The molecule has 146 valence electrons. The van der Waals surface area contributed by atoms with E-state index in [0.717, 1.165) is 10.5 Å². The normalized spacial score (nSPS) is 22.4. The van der Waals surface area contributed by atoms with E-state index in [-0.39, 0.29) is 29.4 Å². The largest absolute Gasteiger partial charge is 0.455 e. The molecular weight excluding hydrogens is 497 g/mol. The quantitative estimate of drug-likeness (QED) is 0.248. The zero-order chi connectivity index (χ0) is 19.8. The van der Waals surface area contributed by atoms with Gasteiger partial charge in [-0.25, -0.2) is 4.79 Å². The molecule has 1 aromatic heterocycles. The SMILES string of the molecule is CC(C)(C)OC(=O)C1=C(CI)CS[C@@H]2[C@H](CC(=O)Cc3cccs3)C(=O)N12. The van der Waals surface area contributed by atoms with Gasteiger partial charge in [-0.05, 0) is 37.8 Å². The van der Waals surface area contributed by atoms with Crippen molar-refractivity contribution in [2.24, 2.45) is 5.92 Å². The Morgan fingerprint density at radius 3 is 2.70 bits per heavy atom. The predicted molar refractivity (Wildman–Crippen MR) is 116 cm³/mol. The van der Waals surface area contributed by atoms with Crippen molar-refractivity contribution in [2.75, 3.05) is 10.2 Å². The van der Waals surface area contributed by atoms with E-state index >= 15 is 0 Å². The van der Waals surface area contributed by atoms with E-state index in [1.807, 2.05) is 38.3 Å². The molecule has 0 aromatic carbocycles. The maximum absolute atomic E-state index is 12.8. The molecule has 3 rings (SSSR count). The van der Waals surface area contributed by atoms with Gasteiger partial charge in [-0.3, -0.25) is 14.5 Å². The predicted octanol–water partition coefficient (Wildman–Crippen LogP) is 3.81. The van der Waals surface area contributed by atoms with Crippen LogP contribution in [0.15, 0.2) is 28.8 Å². The van der Waals surface area contributed by atoms with Gasteiger partial charge in [-0.1, -0.05) is 28.7 Å². The molecule has 2 aliphatic rings. The Hall–Kier alpha value is -0.870. The van der Waals surface area contributed by atoms with Crippen molar-refractivity contribution >= 4 is 63.3 Å². The van der Waals surface area contributed by atoms with Crippen molar-refractivity contribution in [2.45, 2.75) is 44.6 Å². The number of thiophene rings is 1. The fraction of sp³-hybridized carbons (Fsp3) is 0.526. The number of Topliss-reactive ketones (excluding diaryl/α,β-unsaturated/α-hetero) is 1. The molecule has 0 spiro atoms. The van der Waals surface area contributed by atoms with Crippen LogP contribution in [0.1, 0.15) is 32.1 Å². The van der Waals surface area contributed by atoms with Crippen molar-refractivity contribution in [3.05, 3.63) is 33.7 Å². The van der Waals surface area contributed by atoms with E-state index in [0.29, 0.717) is 22.3 Å². The van der Waals surface area contributed by atoms with Crippen LogP contribution in [0.5, 0.6) is 0 Å². The number of ether oxygens (including phenoxy) is 1. The molecule has 0 bridgehead atoms.